The van der Waals surface area contributed by atoms with Crippen molar-refractivity contribution in [2.24, 2.45) is 4.99 Å². The van der Waals surface area contributed by atoms with Gasteiger partial charge in [0.05, 0.1) is 17.8 Å². The van der Waals surface area contributed by atoms with E-state index < -0.39 is 17.2 Å². The van der Waals surface area contributed by atoms with E-state index in [0.29, 0.717) is 19.0 Å². The molecule has 0 radical (unpaired) electrons. The lowest BCUT2D eigenvalue weighted by Crippen LogP contribution is -2.49. The summed E-state index contributed by atoms with van der Waals surface area (Å²) < 4.78 is 10.6. The van der Waals surface area contributed by atoms with Crippen molar-refractivity contribution >= 4 is 36.0 Å². The average molecular weight is 523 g/mol. The van der Waals surface area contributed by atoms with Crippen molar-refractivity contribution in [3.8, 4) is 0 Å². The highest BCUT2D eigenvalue weighted by Crippen LogP contribution is 2.22. The van der Waals surface area contributed by atoms with E-state index in [-0.39, 0.29) is 29.9 Å². The number of carbonyl (C=O) groups is 1. The molecule has 1 heterocycles. The monoisotopic (exact) mass is 523 g/mol. The number of amides is 1. The summed E-state index contributed by atoms with van der Waals surface area (Å²) in [7, 11) is 0. The molecule has 1 aromatic rings. The van der Waals surface area contributed by atoms with Crippen LogP contribution in [0.1, 0.15) is 71.4 Å². The van der Waals surface area contributed by atoms with E-state index in [0.717, 1.165) is 23.6 Å². The third-order valence-electron chi connectivity index (χ3n) is 3.97. The second kappa shape index (κ2) is 11.6. The summed E-state index contributed by atoms with van der Waals surface area (Å²) in [5.74, 6) is 1.76. The van der Waals surface area contributed by atoms with Crippen LogP contribution in [0.4, 0.5) is 4.79 Å². The molecule has 1 aromatic heterocycles. The van der Waals surface area contributed by atoms with E-state index in [4.69, 9.17) is 9.26 Å². The minimum atomic E-state index is -0.544. The maximum atomic E-state index is 12.0. The molecule has 1 unspecified atom stereocenters. The Morgan fingerprint density at radius 3 is 2.31 bits per heavy atom. The largest absolute Gasteiger partial charge is 0.444 e. The van der Waals surface area contributed by atoms with Gasteiger partial charge in [-0.2, -0.15) is 0 Å². The van der Waals surface area contributed by atoms with Crippen molar-refractivity contribution in [3.05, 3.63) is 17.0 Å². The Morgan fingerprint density at radius 2 is 1.83 bits per heavy atom. The summed E-state index contributed by atoms with van der Waals surface area (Å²) in [6, 6.07) is 0. The molecule has 9 heteroatoms. The lowest BCUT2D eigenvalue weighted by molar-refractivity contribution is 0.0476. The molecule has 0 saturated heterocycles. The molecule has 168 valence electrons. The van der Waals surface area contributed by atoms with Crippen LogP contribution in [-0.4, -0.2) is 48.0 Å². The standard InChI is InChI=1S/C20H37N5O3.HI/c1-10-21-17(22-11-13(2)16-14(3)25-28-15(16)4)23-12-20(8,9)24-18(26)27-19(5,6)7;/h13H,10-12H2,1-9H3,(H,24,26)(H2,21,22,23);1H. The van der Waals surface area contributed by atoms with Crippen LogP contribution in [0.2, 0.25) is 0 Å². The first-order valence-electron chi connectivity index (χ1n) is 9.80. The molecule has 0 spiro atoms. The molecule has 29 heavy (non-hydrogen) atoms. The molecule has 1 amide bonds. The summed E-state index contributed by atoms with van der Waals surface area (Å²) in [6.45, 7) is 19.2. The second-order valence-electron chi connectivity index (χ2n) is 8.73. The van der Waals surface area contributed by atoms with Gasteiger partial charge < -0.3 is 25.2 Å². The van der Waals surface area contributed by atoms with Crippen LogP contribution >= 0.6 is 24.0 Å². The molecular weight excluding hydrogens is 485 g/mol. The van der Waals surface area contributed by atoms with Gasteiger partial charge in [-0.25, -0.2) is 4.79 Å². The summed E-state index contributed by atoms with van der Waals surface area (Å²) in [6.07, 6.45) is -0.447. The summed E-state index contributed by atoms with van der Waals surface area (Å²) in [5.41, 5.74) is 0.957. The van der Waals surface area contributed by atoms with E-state index in [2.05, 4.69) is 33.0 Å². The summed E-state index contributed by atoms with van der Waals surface area (Å²) >= 11 is 0. The minimum Gasteiger partial charge on any atom is -0.444 e. The Morgan fingerprint density at radius 1 is 1.21 bits per heavy atom. The number of nitrogens with zero attached hydrogens (tertiary/aromatic N) is 2. The Labute approximate surface area is 192 Å². The number of guanidine groups is 1. The van der Waals surface area contributed by atoms with Crippen LogP contribution in [0, 0.1) is 13.8 Å². The molecule has 0 aliphatic carbocycles. The quantitative estimate of drug-likeness (QED) is 0.285. The van der Waals surface area contributed by atoms with E-state index in [1.165, 1.54) is 0 Å². The summed E-state index contributed by atoms with van der Waals surface area (Å²) in [4.78, 5) is 16.6. The van der Waals surface area contributed by atoms with Crippen LogP contribution < -0.4 is 16.0 Å². The number of aryl methyl sites for hydroxylation is 2. The third-order valence-corrected chi connectivity index (χ3v) is 3.97. The van der Waals surface area contributed by atoms with Crippen LogP contribution in [0.3, 0.4) is 0 Å². The van der Waals surface area contributed by atoms with Crippen molar-refractivity contribution in [2.75, 3.05) is 19.6 Å². The Bertz CT molecular complexity index is 661. The fourth-order valence-electron chi connectivity index (χ4n) is 2.78. The first-order chi connectivity index (χ1) is 12.8. The zero-order valence-electron chi connectivity index (χ0n) is 19.2. The maximum Gasteiger partial charge on any atom is 0.408 e. The fraction of sp³-hybridized carbons (Fsp3) is 0.750. The number of aromatic nitrogens is 1. The second-order valence-corrected chi connectivity index (χ2v) is 8.73. The van der Waals surface area contributed by atoms with Crippen molar-refractivity contribution in [1.82, 2.24) is 21.1 Å². The highest BCUT2D eigenvalue weighted by Gasteiger charge is 2.24. The van der Waals surface area contributed by atoms with Crippen molar-refractivity contribution in [2.45, 2.75) is 79.4 Å². The first kappa shape index (κ1) is 27.5. The van der Waals surface area contributed by atoms with Gasteiger partial charge in [-0.3, -0.25) is 4.99 Å². The molecule has 0 saturated carbocycles. The Hall–Kier alpha value is -1.52. The van der Waals surface area contributed by atoms with Gasteiger partial charge in [0.15, 0.2) is 5.96 Å². The molecule has 3 N–H and O–H groups in total. The number of nitrogens with one attached hydrogen (secondary N) is 3. The maximum absolute atomic E-state index is 12.0. The third kappa shape index (κ3) is 10.2. The van der Waals surface area contributed by atoms with E-state index in [1.54, 1.807) is 0 Å². The van der Waals surface area contributed by atoms with E-state index in [1.807, 2.05) is 55.4 Å². The predicted octanol–water partition coefficient (Wildman–Crippen LogP) is 3.87. The topological polar surface area (TPSA) is 101 Å². The van der Waals surface area contributed by atoms with Crippen molar-refractivity contribution in [3.63, 3.8) is 0 Å². The number of halogens is 1. The number of carbonyl (C=O) groups excluding carboxylic acids is 1. The van der Waals surface area contributed by atoms with Crippen molar-refractivity contribution < 1.29 is 14.1 Å². The van der Waals surface area contributed by atoms with Crippen LogP contribution in [0.25, 0.3) is 0 Å². The van der Waals surface area contributed by atoms with E-state index >= 15 is 0 Å². The van der Waals surface area contributed by atoms with Gasteiger partial charge in [0.1, 0.15) is 11.4 Å². The van der Waals surface area contributed by atoms with Gasteiger partial charge in [-0.05, 0) is 55.4 Å². The minimum absolute atomic E-state index is 0. The van der Waals surface area contributed by atoms with Gasteiger partial charge in [-0.1, -0.05) is 12.1 Å². The highest BCUT2D eigenvalue weighted by atomic mass is 127. The number of hydrogen-bond acceptors (Lipinski definition) is 5. The summed E-state index contributed by atoms with van der Waals surface area (Å²) in [5, 5.41) is 13.5. The van der Waals surface area contributed by atoms with Crippen LogP contribution in [0.5, 0.6) is 0 Å². The Balaban J connectivity index is 0.00000784. The van der Waals surface area contributed by atoms with E-state index in [9.17, 15) is 4.79 Å². The molecule has 0 aliphatic rings. The lowest BCUT2D eigenvalue weighted by Gasteiger charge is -2.27. The molecule has 0 aliphatic heterocycles. The first-order valence-corrected chi connectivity index (χ1v) is 9.80. The number of hydrogen-bond donors (Lipinski definition) is 3. The average Bonchev–Trinajstić information content (AvgIpc) is 2.86. The molecule has 0 bridgehead atoms. The molecule has 1 atom stereocenters. The van der Waals surface area contributed by atoms with Crippen LogP contribution in [-0.2, 0) is 4.74 Å². The van der Waals surface area contributed by atoms with Gasteiger partial charge in [-0.15, -0.1) is 24.0 Å². The number of ether oxygens (including phenoxy) is 1. The molecule has 0 fully saturated rings. The smallest absolute Gasteiger partial charge is 0.408 e. The highest BCUT2D eigenvalue weighted by molar-refractivity contribution is 14.0. The molecular formula is C20H38IN5O3. The van der Waals surface area contributed by atoms with Gasteiger partial charge >= 0.3 is 6.09 Å². The predicted molar refractivity (Wildman–Crippen MR) is 127 cm³/mol. The normalized spacial score (nSPS) is 13.3. The SMILES string of the molecule is CCNC(=NCC(C)(C)NC(=O)OC(C)(C)C)NCC(C)c1c(C)noc1C.I. The van der Waals surface area contributed by atoms with Gasteiger partial charge in [0.25, 0.3) is 0 Å². The van der Waals surface area contributed by atoms with Crippen molar-refractivity contribution in [1.29, 1.82) is 0 Å². The number of alkyl carbamates (subject to hydrolysis) is 1. The number of rotatable bonds is 7. The van der Waals surface area contributed by atoms with Crippen LogP contribution in [0.15, 0.2) is 9.52 Å². The number of aliphatic imine (C=N–C) groups is 1. The molecule has 8 nitrogen and oxygen atoms in total. The lowest BCUT2D eigenvalue weighted by atomic mass is 10.00. The van der Waals surface area contributed by atoms with Gasteiger partial charge in [0, 0.05) is 24.6 Å². The molecule has 0 aromatic carbocycles. The zero-order chi connectivity index (χ0) is 21.5. The Kier molecular flexibility index (Phi) is 11.0. The molecule has 1 rings (SSSR count). The van der Waals surface area contributed by atoms with Gasteiger partial charge in [0.2, 0.25) is 0 Å². The fourth-order valence-corrected chi connectivity index (χ4v) is 2.78. The zero-order valence-corrected chi connectivity index (χ0v) is 21.6.